The molecule has 0 aromatic heterocycles. The standard InChI is InChI=1S/C17H18FNO2/c1-2-20-15-6-4-3-5-13(15)17-10-14(19)12-8-7-11(18)9-16(12)21-17/h3-9,14,17H,2,10,19H2,1H3. The van der Waals surface area contributed by atoms with Gasteiger partial charge in [0.1, 0.15) is 23.4 Å². The van der Waals surface area contributed by atoms with E-state index in [1.807, 2.05) is 31.2 Å². The van der Waals surface area contributed by atoms with Crippen molar-refractivity contribution in [2.75, 3.05) is 6.61 Å². The highest BCUT2D eigenvalue weighted by Crippen LogP contribution is 2.42. The van der Waals surface area contributed by atoms with E-state index in [0.29, 0.717) is 18.8 Å². The van der Waals surface area contributed by atoms with E-state index in [0.717, 1.165) is 16.9 Å². The third kappa shape index (κ3) is 2.72. The number of nitrogens with two attached hydrogens (primary N) is 1. The molecular weight excluding hydrogens is 269 g/mol. The maximum absolute atomic E-state index is 13.4. The van der Waals surface area contributed by atoms with Gasteiger partial charge >= 0.3 is 0 Å². The minimum atomic E-state index is -0.320. The second-order valence-corrected chi connectivity index (χ2v) is 5.10. The van der Waals surface area contributed by atoms with Crippen molar-refractivity contribution < 1.29 is 13.9 Å². The molecule has 2 unspecified atom stereocenters. The summed E-state index contributed by atoms with van der Waals surface area (Å²) < 4.78 is 25.0. The van der Waals surface area contributed by atoms with E-state index in [1.54, 1.807) is 6.07 Å². The molecule has 2 aromatic carbocycles. The summed E-state index contributed by atoms with van der Waals surface area (Å²) >= 11 is 0. The highest BCUT2D eigenvalue weighted by molar-refractivity contribution is 5.42. The van der Waals surface area contributed by atoms with Gasteiger partial charge in [-0.25, -0.2) is 4.39 Å². The number of hydrogen-bond donors (Lipinski definition) is 1. The molecule has 0 saturated heterocycles. The fraction of sp³-hybridized carbons (Fsp3) is 0.294. The van der Waals surface area contributed by atoms with Gasteiger partial charge in [-0.15, -0.1) is 0 Å². The first-order valence-electron chi connectivity index (χ1n) is 7.12. The van der Waals surface area contributed by atoms with Crippen molar-refractivity contribution in [3.8, 4) is 11.5 Å². The van der Waals surface area contributed by atoms with Crippen molar-refractivity contribution in [1.29, 1.82) is 0 Å². The lowest BCUT2D eigenvalue weighted by Gasteiger charge is -2.31. The topological polar surface area (TPSA) is 44.5 Å². The fourth-order valence-electron chi connectivity index (χ4n) is 2.70. The van der Waals surface area contributed by atoms with Crippen LogP contribution >= 0.6 is 0 Å². The number of hydrogen-bond acceptors (Lipinski definition) is 3. The van der Waals surface area contributed by atoms with Crippen LogP contribution < -0.4 is 15.2 Å². The molecule has 0 fully saturated rings. The van der Waals surface area contributed by atoms with Gasteiger partial charge < -0.3 is 15.2 Å². The zero-order valence-corrected chi connectivity index (χ0v) is 11.9. The quantitative estimate of drug-likeness (QED) is 0.935. The monoisotopic (exact) mass is 287 g/mol. The van der Waals surface area contributed by atoms with Crippen molar-refractivity contribution >= 4 is 0 Å². The van der Waals surface area contributed by atoms with Gasteiger partial charge in [0.25, 0.3) is 0 Å². The molecule has 3 nitrogen and oxygen atoms in total. The molecule has 0 saturated carbocycles. The maximum Gasteiger partial charge on any atom is 0.129 e. The van der Waals surface area contributed by atoms with Crippen LogP contribution in [-0.4, -0.2) is 6.61 Å². The van der Waals surface area contributed by atoms with Crippen molar-refractivity contribution in [1.82, 2.24) is 0 Å². The van der Waals surface area contributed by atoms with Gasteiger partial charge in [-0.2, -0.15) is 0 Å². The Morgan fingerprint density at radius 1 is 1.24 bits per heavy atom. The predicted molar refractivity (Wildman–Crippen MR) is 78.9 cm³/mol. The zero-order valence-electron chi connectivity index (χ0n) is 11.9. The van der Waals surface area contributed by atoms with Crippen LogP contribution in [0.25, 0.3) is 0 Å². The van der Waals surface area contributed by atoms with Crippen LogP contribution in [0.2, 0.25) is 0 Å². The molecule has 1 aliphatic heterocycles. The van der Waals surface area contributed by atoms with E-state index in [2.05, 4.69) is 0 Å². The molecule has 21 heavy (non-hydrogen) atoms. The number of ether oxygens (including phenoxy) is 2. The van der Waals surface area contributed by atoms with Crippen LogP contribution in [0.15, 0.2) is 42.5 Å². The van der Waals surface area contributed by atoms with E-state index >= 15 is 0 Å². The lowest BCUT2D eigenvalue weighted by atomic mass is 9.93. The number of para-hydroxylation sites is 1. The molecule has 2 N–H and O–H groups in total. The van der Waals surface area contributed by atoms with Crippen molar-refractivity contribution in [2.24, 2.45) is 5.73 Å². The Labute approximate surface area is 123 Å². The molecule has 0 aliphatic carbocycles. The van der Waals surface area contributed by atoms with Gasteiger partial charge in [0.15, 0.2) is 0 Å². The summed E-state index contributed by atoms with van der Waals surface area (Å²) in [5.41, 5.74) is 8.00. The van der Waals surface area contributed by atoms with E-state index in [9.17, 15) is 4.39 Å². The molecule has 1 heterocycles. The average Bonchev–Trinajstić information content (AvgIpc) is 2.47. The van der Waals surface area contributed by atoms with E-state index in [1.165, 1.54) is 12.1 Å². The zero-order chi connectivity index (χ0) is 14.8. The predicted octanol–water partition coefficient (Wildman–Crippen LogP) is 3.75. The molecule has 110 valence electrons. The molecular formula is C17H18FNO2. The number of rotatable bonds is 3. The lowest BCUT2D eigenvalue weighted by Crippen LogP contribution is -2.24. The smallest absolute Gasteiger partial charge is 0.129 e. The first kappa shape index (κ1) is 13.9. The normalized spacial score (nSPS) is 20.5. The summed E-state index contributed by atoms with van der Waals surface area (Å²) in [7, 11) is 0. The largest absolute Gasteiger partial charge is 0.493 e. The Hall–Kier alpha value is -2.07. The molecule has 2 atom stereocenters. The summed E-state index contributed by atoms with van der Waals surface area (Å²) in [5, 5.41) is 0. The Balaban J connectivity index is 1.95. The Morgan fingerprint density at radius 3 is 2.86 bits per heavy atom. The molecule has 0 amide bonds. The van der Waals surface area contributed by atoms with Crippen molar-refractivity contribution in [3.63, 3.8) is 0 Å². The average molecular weight is 287 g/mol. The first-order valence-corrected chi connectivity index (χ1v) is 7.12. The summed E-state index contributed by atoms with van der Waals surface area (Å²) in [6, 6.07) is 12.1. The second-order valence-electron chi connectivity index (χ2n) is 5.10. The molecule has 0 radical (unpaired) electrons. The molecule has 0 spiro atoms. The Bertz CT molecular complexity index is 644. The van der Waals surface area contributed by atoms with Gasteiger partial charge in [0, 0.05) is 29.7 Å². The SMILES string of the molecule is CCOc1ccccc1C1CC(N)c2ccc(F)cc2O1. The second kappa shape index (κ2) is 5.74. The van der Waals surface area contributed by atoms with Crippen LogP contribution in [0, 0.1) is 5.82 Å². The number of halogens is 1. The summed E-state index contributed by atoms with van der Waals surface area (Å²) in [4.78, 5) is 0. The number of benzene rings is 2. The Kier molecular flexibility index (Phi) is 3.80. The third-order valence-electron chi connectivity index (χ3n) is 3.68. The van der Waals surface area contributed by atoms with Crippen LogP contribution in [0.5, 0.6) is 11.5 Å². The summed E-state index contributed by atoms with van der Waals surface area (Å²) in [6.07, 6.45) is 0.417. The summed E-state index contributed by atoms with van der Waals surface area (Å²) in [6.45, 7) is 2.52. The van der Waals surface area contributed by atoms with Gasteiger partial charge in [-0.05, 0) is 19.1 Å². The van der Waals surface area contributed by atoms with Crippen LogP contribution in [0.1, 0.15) is 36.6 Å². The lowest BCUT2D eigenvalue weighted by molar-refractivity contribution is 0.156. The van der Waals surface area contributed by atoms with Gasteiger partial charge in [0.05, 0.1) is 6.61 Å². The third-order valence-corrected chi connectivity index (χ3v) is 3.68. The summed E-state index contributed by atoms with van der Waals surface area (Å²) in [5.74, 6) is 0.988. The van der Waals surface area contributed by atoms with Crippen LogP contribution in [0.4, 0.5) is 4.39 Å². The fourth-order valence-corrected chi connectivity index (χ4v) is 2.70. The molecule has 4 heteroatoms. The van der Waals surface area contributed by atoms with E-state index in [4.69, 9.17) is 15.2 Å². The van der Waals surface area contributed by atoms with Gasteiger partial charge in [-0.3, -0.25) is 0 Å². The number of fused-ring (bicyclic) bond motifs is 1. The van der Waals surface area contributed by atoms with E-state index in [-0.39, 0.29) is 18.0 Å². The van der Waals surface area contributed by atoms with E-state index < -0.39 is 0 Å². The molecule has 2 aromatic rings. The Morgan fingerprint density at radius 2 is 2.05 bits per heavy atom. The van der Waals surface area contributed by atoms with Gasteiger partial charge in [-0.1, -0.05) is 24.3 Å². The highest BCUT2D eigenvalue weighted by atomic mass is 19.1. The highest BCUT2D eigenvalue weighted by Gasteiger charge is 2.29. The molecule has 0 bridgehead atoms. The maximum atomic E-state index is 13.4. The molecule has 3 rings (SSSR count). The minimum Gasteiger partial charge on any atom is -0.493 e. The first-order chi connectivity index (χ1) is 10.2. The van der Waals surface area contributed by atoms with Crippen LogP contribution in [-0.2, 0) is 0 Å². The van der Waals surface area contributed by atoms with Gasteiger partial charge in [0.2, 0.25) is 0 Å². The molecule has 1 aliphatic rings. The minimum absolute atomic E-state index is 0.172. The van der Waals surface area contributed by atoms with Crippen LogP contribution in [0.3, 0.4) is 0 Å². The van der Waals surface area contributed by atoms with Crippen molar-refractivity contribution in [2.45, 2.75) is 25.5 Å². The van der Waals surface area contributed by atoms with Crippen molar-refractivity contribution in [3.05, 3.63) is 59.4 Å².